The van der Waals surface area contributed by atoms with Crippen molar-refractivity contribution in [1.29, 1.82) is 0 Å². The van der Waals surface area contributed by atoms with Crippen molar-refractivity contribution in [2.45, 2.75) is 51.6 Å². The van der Waals surface area contributed by atoms with E-state index in [0.29, 0.717) is 0 Å². The summed E-state index contributed by atoms with van der Waals surface area (Å²) < 4.78 is 2.34. The van der Waals surface area contributed by atoms with Gasteiger partial charge in [0.25, 0.3) is 0 Å². The molecule has 3 rings (SSSR count). The Bertz CT molecular complexity index is 676. The van der Waals surface area contributed by atoms with Crippen LogP contribution in [0.1, 0.15) is 42.9 Å². The molecule has 0 saturated carbocycles. The fourth-order valence-corrected chi connectivity index (χ4v) is 3.95. The molecule has 0 unspecified atom stereocenters. The van der Waals surface area contributed by atoms with Gasteiger partial charge in [-0.15, -0.1) is 10.2 Å². The highest BCUT2D eigenvalue weighted by Gasteiger charge is 2.14. The third-order valence-corrected chi connectivity index (χ3v) is 5.35. The Morgan fingerprint density at radius 3 is 3.08 bits per heavy atom. The van der Waals surface area contributed by atoms with E-state index in [4.69, 9.17) is 0 Å². The third-order valence-electron chi connectivity index (χ3n) is 4.62. The largest absolute Gasteiger partial charge is 0.356 e. The van der Waals surface area contributed by atoms with E-state index in [-0.39, 0.29) is 0 Å². The molecule has 0 radical (unpaired) electrons. The summed E-state index contributed by atoms with van der Waals surface area (Å²) in [5.41, 5.74) is 1.32. The number of aliphatic imine (C=N–C) groups is 1. The predicted molar refractivity (Wildman–Crippen MR) is 103 cm³/mol. The molecule has 7 heteroatoms. The number of thiophene rings is 1. The first-order chi connectivity index (χ1) is 12.3. The molecule has 0 aliphatic carbocycles. The predicted octanol–water partition coefficient (Wildman–Crippen LogP) is 2.71. The van der Waals surface area contributed by atoms with E-state index < -0.39 is 0 Å². The molecule has 3 heterocycles. The van der Waals surface area contributed by atoms with Crippen LogP contribution < -0.4 is 5.32 Å². The second-order valence-corrected chi connectivity index (χ2v) is 7.34. The number of hydrogen-bond donors (Lipinski definition) is 1. The molecule has 0 spiro atoms. The topological polar surface area (TPSA) is 58.3 Å². The first-order valence-corrected chi connectivity index (χ1v) is 10.1. The quantitative estimate of drug-likeness (QED) is 0.489. The molecule has 1 aliphatic heterocycles. The van der Waals surface area contributed by atoms with Crippen LogP contribution in [0.4, 0.5) is 0 Å². The summed E-state index contributed by atoms with van der Waals surface area (Å²) in [6.07, 6.45) is 6.86. The van der Waals surface area contributed by atoms with Crippen LogP contribution in [0.15, 0.2) is 21.8 Å². The van der Waals surface area contributed by atoms with Gasteiger partial charge in [0, 0.05) is 46.6 Å². The highest BCUT2D eigenvalue weighted by Crippen LogP contribution is 2.15. The summed E-state index contributed by atoms with van der Waals surface area (Å²) in [5.74, 6) is 3.25. The van der Waals surface area contributed by atoms with Crippen molar-refractivity contribution in [1.82, 2.24) is 25.0 Å². The summed E-state index contributed by atoms with van der Waals surface area (Å²) in [6, 6.07) is 2.16. The van der Waals surface area contributed by atoms with Crippen LogP contribution in [-0.2, 0) is 25.9 Å². The van der Waals surface area contributed by atoms with E-state index in [9.17, 15) is 0 Å². The van der Waals surface area contributed by atoms with Gasteiger partial charge in [0.15, 0.2) is 5.96 Å². The Hall–Kier alpha value is -1.89. The third kappa shape index (κ3) is 4.81. The van der Waals surface area contributed by atoms with Crippen LogP contribution in [0.2, 0.25) is 0 Å². The van der Waals surface area contributed by atoms with Gasteiger partial charge in [-0.05, 0) is 41.7 Å². The zero-order valence-electron chi connectivity index (χ0n) is 15.2. The minimum absolute atomic E-state index is 0.876. The van der Waals surface area contributed by atoms with E-state index in [1.807, 2.05) is 7.05 Å². The summed E-state index contributed by atoms with van der Waals surface area (Å²) in [7, 11) is 3.91. The molecule has 1 aliphatic rings. The molecule has 0 aromatic carbocycles. The lowest BCUT2D eigenvalue weighted by atomic mass is 10.2. The molecular weight excluding hydrogens is 332 g/mol. The average Bonchev–Trinajstić information content (AvgIpc) is 3.19. The maximum Gasteiger partial charge on any atom is 0.193 e. The number of nitrogens with one attached hydrogen (secondary N) is 1. The van der Waals surface area contributed by atoms with Crippen molar-refractivity contribution in [3.8, 4) is 0 Å². The summed E-state index contributed by atoms with van der Waals surface area (Å²) in [4.78, 5) is 6.55. The molecule has 6 nitrogen and oxygen atoms in total. The molecular formula is C18H28N6S. The molecule has 0 bridgehead atoms. The zero-order valence-corrected chi connectivity index (χ0v) is 16.1. The maximum absolute atomic E-state index is 4.41. The Kier molecular flexibility index (Phi) is 6.44. The SMILES string of the molecule is CN=C(NCCCc1nnc2n1CCCCC2)N(C)Cc1ccsc1. The second kappa shape index (κ2) is 8.99. The molecule has 0 fully saturated rings. The number of guanidine groups is 1. The van der Waals surface area contributed by atoms with Crippen molar-refractivity contribution in [3.63, 3.8) is 0 Å². The zero-order chi connectivity index (χ0) is 17.5. The van der Waals surface area contributed by atoms with Gasteiger partial charge in [-0.1, -0.05) is 6.42 Å². The Balaban J connectivity index is 1.45. The molecule has 2 aromatic heterocycles. The van der Waals surface area contributed by atoms with Gasteiger partial charge in [-0.2, -0.15) is 11.3 Å². The van der Waals surface area contributed by atoms with Crippen molar-refractivity contribution in [2.75, 3.05) is 20.6 Å². The molecule has 0 saturated heterocycles. The number of rotatable bonds is 6. The van der Waals surface area contributed by atoms with Gasteiger partial charge < -0.3 is 14.8 Å². The van der Waals surface area contributed by atoms with Crippen LogP contribution in [0, 0.1) is 0 Å². The molecule has 25 heavy (non-hydrogen) atoms. The highest BCUT2D eigenvalue weighted by atomic mass is 32.1. The smallest absolute Gasteiger partial charge is 0.193 e. The van der Waals surface area contributed by atoms with Gasteiger partial charge >= 0.3 is 0 Å². The van der Waals surface area contributed by atoms with E-state index in [1.54, 1.807) is 11.3 Å². The summed E-state index contributed by atoms with van der Waals surface area (Å²) >= 11 is 1.73. The van der Waals surface area contributed by atoms with Crippen LogP contribution in [0.5, 0.6) is 0 Å². The lowest BCUT2D eigenvalue weighted by molar-refractivity contribution is 0.476. The summed E-state index contributed by atoms with van der Waals surface area (Å²) in [6.45, 7) is 2.85. The Morgan fingerprint density at radius 2 is 2.28 bits per heavy atom. The van der Waals surface area contributed by atoms with Crippen molar-refractivity contribution < 1.29 is 0 Å². The molecule has 1 N–H and O–H groups in total. The number of aromatic nitrogens is 3. The van der Waals surface area contributed by atoms with Crippen LogP contribution in [0.3, 0.4) is 0 Å². The first kappa shape index (κ1) is 17.9. The summed E-state index contributed by atoms with van der Waals surface area (Å²) in [5, 5.41) is 16.5. The minimum Gasteiger partial charge on any atom is -0.356 e. The normalized spacial score (nSPS) is 14.9. The van der Waals surface area contributed by atoms with E-state index >= 15 is 0 Å². The van der Waals surface area contributed by atoms with Gasteiger partial charge in [-0.3, -0.25) is 4.99 Å². The molecule has 0 amide bonds. The molecule has 2 aromatic rings. The van der Waals surface area contributed by atoms with Crippen LogP contribution in [-0.4, -0.2) is 46.3 Å². The molecule has 0 atom stereocenters. The fourth-order valence-electron chi connectivity index (χ4n) is 3.29. The van der Waals surface area contributed by atoms with Crippen LogP contribution >= 0.6 is 11.3 Å². The number of aryl methyl sites for hydroxylation is 2. The first-order valence-electron chi connectivity index (χ1n) is 9.11. The van der Waals surface area contributed by atoms with Gasteiger partial charge in [0.2, 0.25) is 0 Å². The number of nitrogens with zero attached hydrogens (tertiary/aromatic N) is 5. The monoisotopic (exact) mass is 360 g/mol. The lowest BCUT2D eigenvalue weighted by Crippen LogP contribution is -2.38. The Labute approximate surface area is 154 Å². The highest BCUT2D eigenvalue weighted by molar-refractivity contribution is 7.07. The number of fused-ring (bicyclic) bond motifs is 1. The fraction of sp³-hybridized carbons (Fsp3) is 0.611. The van der Waals surface area contributed by atoms with Gasteiger partial charge in [0.1, 0.15) is 11.6 Å². The second-order valence-electron chi connectivity index (χ2n) is 6.56. The maximum atomic E-state index is 4.41. The van der Waals surface area contributed by atoms with Crippen molar-refractivity contribution in [2.24, 2.45) is 4.99 Å². The number of hydrogen-bond acceptors (Lipinski definition) is 4. The van der Waals surface area contributed by atoms with Gasteiger partial charge in [-0.25, -0.2) is 0 Å². The standard InChI is InChI=1S/C18H28N6S/c1-19-18(23(2)13-15-9-12-25-14-15)20-10-6-8-17-22-21-16-7-4-3-5-11-24(16)17/h9,12,14H,3-8,10-11,13H2,1-2H3,(H,19,20). The minimum atomic E-state index is 0.876. The van der Waals surface area contributed by atoms with Gasteiger partial charge in [0.05, 0.1) is 0 Å². The average molecular weight is 361 g/mol. The molecule has 136 valence electrons. The van der Waals surface area contributed by atoms with E-state index in [0.717, 1.165) is 50.7 Å². The Morgan fingerprint density at radius 1 is 1.36 bits per heavy atom. The van der Waals surface area contributed by atoms with E-state index in [2.05, 4.69) is 53.8 Å². The van der Waals surface area contributed by atoms with Crippen LogP contribution in [0.25, 0.3) is 0 Å². The van der Waals surface area contributed by atoms with Crippen molar-refractivity contribution in [3.05, 3.63) is 34.0 Å². The van der Waals surface area contributed by atoms with Crippen molar-refractivity contribution >= 4 is 17.3 Å². The van der Waals surface area contributed by atoms with E-state index in [1.165, 1.54) is 30.7 Å². The lowest BCUT2D eigenvalue weighted by Gasteiger charge is -2.21.